The van der Waals surface area contributed by atoms with Gasteiger partial charge in [-0.25, -0.2) is 13.4 Å². The van der Waals surface area contributed by atoms with Crippen LogP contribution in [-0.2, 0) is 15.4 Å². The van der Waals surface area contributed by atoms with Gasteiger partial charge in [0.1, 0.15) is 5.52 Å². The minimum absolute atomic E-state index is 0.239. The smallest absolute Gasteiger partial charge is 0.229 e. The molecule has 0 atom stereocenters. The number of nitrogens with one attached hydrogen (secondary N) is 2. The molecule has 4 aromatic rings. The first-order valence-electron chi connectivity index (χ1n) is 9.73. The summed E-state index contributed by atoms with van der Waals surface area (Å²) in [4.78, 5) is 7.71. The van der Waals surface area contributed by atoms with Crippen LogP contribution < -0.4 is 4.72 Å². The predicted molar refractivity (Wildman–Crippen MR) is 117 cm³/mol. The summed E-state index contributed by atoms with van der Waals surface area (Å²) in [6.07, 6.45) is 4.94. The molecule has 2 heterocycles. The lowest BCUT2D eigenvalue weighted by atomic mass is 9.70. The normalized spacial score (nSPS) is 12.7. The molecule has 0 aliphatic heterocycles. The van der Waals surface area contributed by atoms with E-state index in [4.69, 9.17) is 4.42 Å². The van der Waals surface area contributed by atoms with Crippen LogP contribution in [-0.4, -0.2) is 24.6 Å². The van der Waals surface area contributed by atoms with Gasteiger partial charge in [0.05, 0.1) is 17.5 Å². The summed E-state index contributed by atoms with van der Waals surface area (Å²) in [5.74, 6) is 0.652. The SMILES string of the molecule is CCC(CC)(c1ccc2nc(C)oc2c1)c1c[nH]c2c(NS(C)(=O)=O)cccc12. The molecule has 2 N–H and O–H groups in total. The molecule has 4 rings (SSSR count). The van der Waals surface area contributed by atoms with Crippen molar-refractivity contribution in [3.63, 3.8) is 0 Å². The van der Waals surface area contributed by atoms with Crippen LogP contribution in [0.2, 0.25) is 0 Å². The van der Waals surface area contributed by atoms with Crippen LogP contribution >= 0.6 is 0 Å². The fourth-order valence-electron chi connectivity index (χ4n) is 4.37. The van der Waals surface area contributed by atoms with Gasteiger partial charge in [0, 0.05) is 23.9 Å². The van der Waals surface area contributed by atoms with Crippen LogP contribution in [0, 0.1) is 6.92 Å². The summed E-state index contributed by atoms with van der Waals surface area (Å²) in [6, 6.07) is 11.9. The zero-order chi connectivity index (χ0) is 20.8. The quantitative estimate of drug-likeness (QED) is 0.462. The van der Waals surface area contributed by atoms with E-state index in [2.05, 4.69) is 40.7 Å². The maximum Gasteiger partial charge on any atom is 0.229 e. The molecular formula is C22H25N3O3S. The van der Waals surface area contributed by atoms with Crippen LogP contribution in [0.4, 0.5) is 5.69 Å². The van der Waals surface area contributed by atoms with Crippen LogP contribution in [0.3, 0.4) is 0 Å². The molecule has 0 aliphatic carbocycles. The molecule has 2 aromatic carbocycles. The second-order valence-electron chi connectivity index (χ2n) is 7.51. The number of aromatic nitrogens is 2. The van der Waals surface area contributed by atoms with E-state index < -0.39 is 10.0 Å². The molecule has 2 aromatic heterocycles. The molecule has 0 unspecified atom stereocenters. The van der Waals surface area contributed by atoms with Gasteiger partial charge in [0.2, 0.25) is 10.0 Å². The van der Waals surface area contributed by atoms with Crippen molar-refractivity contribution in [1.82, 2.24) is 9.97 Å². The fraction of sp³-hybridized carbons (Fsp3) is 0.318. The maximum atomic E-state index is 11.8. The van der Waals surface area contributed by atoms with Crippen molar-refractivity contribution in [2.75, 3.05) is 11.0 Å². The van der Waals surface area contributed by atoms with E-state index in [1.807, 2.05) is 31.3 Å². The van der Waals surface area contributed by atoms with Gasteiger partial charge in [-0.2, -0.15) is 0 Å². The highest BCUT2D eigenvalue weighted by Gasteiger charge is 2.34. The molecule has 7 heteroatoms. The zero-order valence-corrected chi connectivity index (χ0v) is 17.9. The number of oxazole rings is 1. The summed E-state index contributed by atoms with van der Waals surface area (Å²) >= 11 is 0. The van der Waals surface area contributed by atoms with Gasteiger partial charge in [-0.1, -0.05) is 32.0 Å². The Bertz CT molecular complexity index is 1300. The number of fused-ring (bicyclic) bond motifs is 2. The van der Waals surface area contributed by atoms with E-state index in [0.717, 1.165) is 52.2 Å². The van der Waals surface area contributed by atoms with Gasteiger partial charge in [0.25, 0.3) is 0 Å². The van der Waals surface area contributed by atoms with Crippen molar-refractivity contribution in [2.45, 2.75) is 39.0 Å². The summed E-state index contributed by atoms with van der Waals surface area (Å²) in [5, 5.41) is 1.01. The van der Waals surface area contributed by atoms with Crippen LogP contribution in [0.15, 0.2) is 47.0 Å². The Morgan fingerprint density at radius 2 is 1.93 bits per heavy atom. The van der Waals surface area contributed by atoms with Gasteiger partial charge in [-0.05, 0) is 42.2 Å². The van der Waals surface area contributed by atoms with Gasteiger partial charge in [0.15, 0.2) is 11.5 Å². The number of H-pyrrole nitrogens is 1. The van der Waals surface area contributed by atoms with Gasteiger partial charge in [-0.3, -0.25) is 4.72 Å². The molecule has 0 spiro atoms. The van der Waals surface area contributed by atoms with E-state index in [1.165, 1.54) is 0 Å². The summed E-state index contributed by atoms with van der Waals surface area (Å²) < 4.78 is 31.9. The number of aryl methyl sites for hydroxylation is 1. The average molecular weight is 412 g/mol. The summed E-state index contributed by atoms with van der Waals surface area (Å²) in [5.41, 5.74) is 5.04. The number of para-hydroxylation sites is 1. The summed E-state index contributed by atoms with van der Waals surface area (Å²) in [6.45, 7) is 6.20. The molecule has 152 valence electrons. The Morgan fingerprint density at radius 3 is 2.62 bits per heavy atom. The van der Waals surface area contributed by atoms with Gasteiger partial charge < -0.3 is 9.40 Å². The number of aromatic amines is 1. The second kappa shape index (κ2) is 6.91. The van der Waals surface area contributed by atoms with Crippen molar-refractivity contribution in [3.8, 4) is 0 Å². The third kappa shape index (κ3) is 3.29. The summed E-state index contributed by atoms with van der Waals surface area (Å²) in [7, 11) is -3.37. The van der Waals surface area contributed by atoms with Gasteiger partial charge >= 0.3 is 0 Å². The minimum Gasteiger partial charge on any atom is -0.441 e. The highest BCUT2D eigenvalue weighted by molar-refractivity contribution is 7.92. The molecule has 0 saturated carbocycles. The molecule has 6 nitrogen and oxygen atoms in total. The molecule has 0 aliphatic rings. The monoisotopic (exact) mass is 411 g/mol. The fourth-order valence-corrected chi connectivity index (χ4v) is 4.94. The highest BCUT2D eigenvalue weighted by atomic mass is 32.2. The largest absolute Gasteiger partial charge is 0.441 e. The Morgan fingerprint density at radius 1 is 1.17 bits per heavy atom. The lowest BCUT2D eigenvalue weighted by Gasteiger charge is -2.32. The number of sulfonamides is 1. The number of anilines is 1. The molecule has 0 fully saturated rings. The number of hydrogen-bond acceptors (Lipinski definition) is 4. The second-order valence-corrected chi connectivity index (χ2v) is 9.26. The topological polar surface area (TPSA) is 88.0 Å². The minimum atomic E-state index is -3.37. The highest BCUT2D eigenvalue weighted by Crippen LogP contribution is 2.44. The van der Waals surface area contributed by atoms with E-state index in [9.17, 15) is 8.42 Å². The van der Waals surface area contributed by atoms with Gasteiger partial charge in [-0.15, -0.1) is 0 Å². The number of hydrogen-bond donors (Lipinski definition) is 2. The zero-order valence-electron chi connectivity index (χ0n) is 17.0. The Hall–Kier alpha value is -2.80. The van der Waals surface area contributed by atoms with Crippen LogP contribution in [0.25, 0.3) is 22.0 Å². The molecule has 0 bridgehead atoms. The first-order chi connectivity index (χ1) is 13.8. The Labute approximate surface area is 170 Å². The molecule has 0 saturated heterocycles. The van der Waals surface area contributed by atoms with E-state index >= 15 is 0 Å². The van der Waals surface area contributed by atoms with Crippen molar-refractivity contribution in [1.29, 1.82) is 0 Å². The average Bonchev–Trinajstić information content (AvgIpc) is 3.26. The van der Waals surface area contributed by atoms with E-state index in [1.54, 1.807) is 6.07 Å². The predicted octanol–water partition coefficient (Wildman–Crippen LogP) is 5.10. The Kier molecular flexibility index (Phi) is 4.65. The van der Waals surface area contributed by atoms with Crippen LogP contribution in [0.5, 0.6) is 0 Å². The lowest BCUT2D eigenvalue weighted by Crippen LogP contribution is -2.25. The van der Waals surface area contributed by atoms with E-state index in [-0.39, 0.29) is 5.41 Å². The molecule has 0 radical (unpaired) electrons. The molecule has 0 amide bonds. The molecular weight excluding hydrogens is 386 g/mol. The molecule has 29 heavy (non-hydrogen) atoms. The van der Waals surface area contributed by atoms with Crippen LogP contribution in [0.1, 0.15) is 43.7 Å². The lowest BCUT2D eigenvalue weighted by molar-refractivity contribution is 0.481. The number of rotatable bonds is 6. The maximum absolute atomic E-state index is 11.8. The van der Waals surface area contributed by atoms with Crippen molar-refractivity contribution >= 4 is 37.7 Å². The van der Waals surface area contributed by atoms with Crippen molar-refractivity contribution < 1.29 is 12.8 Å². The first-order valence-corrected chi connectivity index (χ1v) is 11.6. The van der Waals surface area contributed by atoms with Crippen molar-refractivity contribution in [2.24, 2.45) is 0 Å². The first kappa shape index (κ1) is 19.5. The van der Waals surface area contributed by atoms with Crippen molar-refractivity contribution in [3.05, 3.63) is 59.6 Å². The van der Waals surface area contributed by atoms with E-state index in [0.29, 0.717) is 11.6 Å². The number of nitrogens with zero attached hydrogens (tertiary/aromatic N) is 1. The third-order valence-electron chi connectivity index (χ3n) is 5.78. The third-order valence-corrected chi connectivity index (χ3v) is 6.37. The number of benzene rings is 2. The Balaban J connectivity index is 1.92. The standard InChI is InChI=1S/C22H25N3O3S/c1-5-22(6-2,15-10-11-18-20(12-15)28-14(3)24-18)17-13-23-21-16(17)8-7-9-19(21)25-29(4,26)27/h7-13,23,25H,5-6H2,1-4H3.